The van der Waals surface area contributed by atoms with Crippen LogP contribution in [-0.4, -0.2) is 19.5 Å². The molecule has 0 saturated carbocycles. The van der Waals surface area contributed by atoms with E-state index in [2.05, 4.69) is 0 Å². The lowest BCUT2D eigenvalue weighted by Crippen LogP contribution is -2.17. The Hall–Kier alpha value is -2.04. The lowest BCUT2D eigenvalue weighted by Gasteiger charge is -2.24. The maximum absolute atomic E-state index is 14.1. The smallest absolute Gasteiger partial charge is 0.183 e. The highest BCUT2D eigenvalue weighted by Gasteiger charge is 2.18. The summed E-state index contributed by atoms with van der Waals surface area (Å²) in [5.41, 5.74) is 2.55. The molecule has 21 heavy (non-hydrogen) atoms. The van der Waals surface area contributed by atoms with E-state index in [1.807, 2.05) is 0 Å². The second kappa shape index (κ2) is 6.16. The molecule has 0 atom stereocenters. The van der Waals surface area contributed by atoms with Crippen LogP contribution in [0.5, 0.6) is 0 Å². The monoisotopic (exact) mass is 286 g/mol. The van der Waals surface area contributed by atoms with Crippen molar-refractivity contribution in [2.45, 2.75) is 12.7 Å². The van der Waals surface area contributed by atoms with Crippen LogP contribution < -0.4 is 0 Å². The van der Waals surface area contributed by atoms with Crippen LogP contribution in [0.2, 0.25) is 0 Å². The number of carbonyl (C=O) groups is 1. The molecule has 1 saturated heterocycles. The molecular weight excluding hydrogens is 271 g/mol. The highest BCUT2D eigenvalue weighted by molar-refractivity contribution is 5.77. The van der Waals surface area contributed by atoms with Crippen LogP contribution in [0.1, 0.15) is 28.6 Å². The van der Waals surface area contributed by atoms with E-state index in [1.165, 1.54) is 6.07 Å². The van der Waals surface area contributed by atoms with Gasteiger partial charge in [0.1, 0.15) is 12.1 Å². The van der Waals surface area contributed by atoms with E-state index in [-0.39, 0.29) is 5.82 Å². The molecule has 4 heteroatoms. The normalized spacial score (nSPS) is 15.9. The minimum absolute atomic E-state index is 0.312. The van der Waals surface area contributed by atoms with Crippen molar-refractivity contribution in [2.75, 3.05) is 13.2 Å². The van der Waals surface area contributed by atoms with Gasteiger partial charge in [-0.2, -0.15) is 0 Å². The molecule has 1 aliphatic heterocycles. The standard InChI is InChI=1S/C17H15FO3/c18-16-7-6-14(17-20-8-1-9-21-17)10-15(16)13-4-2-12(11-19)3-5-13/h2-7,10-11,17H,1,8-9H2. The van der Waals surface area contributed by atoms with Crippen LogP contribution in [0.25, 0.3) is 11.1 Å². The van der Waals surface area contributed by atoms with Crippen LogP contribution >= 0.6 is 0 Å². The maximum Gasteiger partial charge on any atom is 0.183 e. The molecule has 0 unspecified atom stereocenters. The fourth-order valence-electron chi connectivity index (χ4n) is 2.33. The molecule has 0 aromatic heterocycles. The molecule has 1 aliphatic rings. The Morgan fingerprint density at radius 3 is 2.43 bits per heavy atom. The summed E-state index contributed by atoms with van der Waals surface area (Å²) in [7, 11) is 0. The number of rotatable bonds is 3. The van der Waals surface area contributed by atoms with Crippen molar-refractivity contribution in [1.29, 1.82) is 0 Å². The fraction of sp³-hybridized carbons (Fsp3) is 0.235. The molecule has 108 valence electrons. The van der Waals surface area contributed by atoms with E-state index in [0.717, 1.165) is 23.8 Å². The van der Waals surface area contributed by atoms with Gasteiger partial charge in [-0.1, -0.05) is 30.3 Å². The third-order valence-electron chi connectivity index (χ3n) is 3.45. The number of halogens is 1. The van der Waals surface area contributed by atoms with Gasteiger partial charge in [0.15, 0.2) is 6.29 Å². The molecular formula is C17H15FO3. The lowest BCUT2D eigenvalue weighted by molar-refractivity contribution is -0.183. The summed E-state index contributed by atoms with van der Waals surface area (Å²) < 4.78 is 25.1. The summed E-state index contributed by atoms with van der Waals surface area (Å²) in [5, 5.41) is 0. The zero-order valence-corrected chi connectivity index (χ0v) is 11.4. The first-order chi connectivity index (χ1) is 10.3. The molecule has 0 amide bonds. The Morgan fingerprint density at radius 1 is 1.05 bits per heavy atom. The predicted molar refractivity (Wildman–Crippen MR) is 76.5 cm³/mol. The average Bonchev–Trinajstić information content (AvgIpc) is 2.56. The van der Waals surface area contributed by atoms with Gasteiger partial charge in [-0.25, -0.2) is 4.39 Å². The van der Waals surface area contributed by atoms with E-state index >= 15 is 0 Å². The van der Waals surface area contributed by atoms with Gasteiger partial charge in [-0.3, -0.25) is 4.79 Å². The molecule has 0 N–H and O–H groups in total. The number of aldehydes is 1. The molecule has 3 rings (SSSR count). The highest BCUT2D eigenvalue weighted by atomic mass is 19.1. The van der Waals surface area contributed by atoms with Crippen molar-refractivity contribution in [1.82, 2.24) is 0 Å². The summed E-state index contributed by atoms with van der Waals surface area (Å²) in [5.74, 6) is -0.312. The van der Waals surface area contributed by atoms with Gasteiger partial charge < -0.3 is 9.47 Å². The molecule has 2 aromatic carbocycles. The van der Waals surface area contributed by atoms with Crippen LogP contribution in [0.15, 0.2) is 42.5 Å². The third-order valence-corrected chi connectivity index (χ3v) is 3.45. The van der Waals surface area contributed by atoms with Crippen molar-refractivity contribution in [2.24, 2.45) is 0 Å². The average molecular weight is 286 g/mol. The maximum atomic E-state index is 14.1. The number of ether oxygens (including phenoxy) is 2. The molecule has 3 nitrogen and oxygen atoms in total. The second-order valence-electron chi connectivity index (χ2n) is 4.91. The van der Waals surface area contributed by atoms with Gasteiger partial charge in [-0.05, 0) is 24.1 Å². The molecule has 1 heterocycles. The van der Waals surface area contributed by atoms with Crippen molar-refractivity contribution in [3.63, 3.8) is 0 Å². The van der Waals surface area contributed by atoms with Crippen LogP contribution in [0.3, 0.4) is 0 Å². The van der Waals surface area contributed by atoms with Crippen LogP contribution in [0.4, 0.5) is 4.39 Å². The van der Waals surface area contributed by atoms with E-state index in [0.29, 0.717) is 24.3 Å². The first-order valence-electron chi connectivity index (χ1n) is 6.86. The minimum atomic E-state index is -0.438. The number of benzene rings is 2. The Bertz CT molecular complexity index is 631. The zero-order valence-electron chi connectivity index (χ0n) is 11.4. The molecule has 1 fully saturated rings. The first kappa shape index (κ1) is 13.9. The van der Waals surface area contributed by atoms with Crippen molar-refractivity contribution in [3.05, 3.63) is 59.4 Å². The summed E-state index contributed by atoms with van der Waals surface area (Å²) in [6.07, 6.45) is 1.20. The molecule has 0 aliphatic carbocycles. The lowest BCUT2D eigenvalue weighted by atomic mass is 10.0. The molecule has 0 radical (unpaired) electrons. The summed E-state index contributed by atoms with van der Waals surface area (Å²) in [6, 6.07) is 11.6. The quantitative estimate of drug-likeness (QED) is 0.806. The Morgan fingerprint density at radius 2 is 1.76 bits per heavy atom. The van der Waals surface area contributed by atoms with E-state index in [4.69, 9.17) is 9.47 Å². The number of hydrogen-bond acceptors (Lipinski definition) is 3. The Labute approximate surface area is 122 Å². The Balaban J connectivity index is 1.94. The van der Waals surface area contributed by atoms with Crippen molar-refractivity contribution in [3.8, 4) is 11.1 Å². The van der Waals surface area contributed by atoms with Gasteiger partial charge >= 0.3 is 0 Å². The van der Waals surface area contributed by atoms with Gasteiger partial charge in [0, 0.05) is 16.7 Å². The minimum Gasteiger partial charge on any atom is -0.348 e. The first-order valence-corrected chi connectivity index (χ1v) is 6.86. The third kappa shape index (κ3) is 3.01. The summed E-state index contributed by atoms with van der Waals surface area (Å²) in [6.45, 7) is 1.29. The predicted octanol–water partition coefficient (Wildman–Crippen LogP) is 3.74. The largest absolute Gasteiger partial charge is 0.348 e. The second-order valence-corrected chi connectivity index (χ2v) is 4.91. The number of carbonyl (C=O) groups excluding carboxylic acids is 1. The summed E-state index contributed by atoms with van der Waals surface area (Å²) in [4.78, 5) is 10.7. The zero-order chi connectivity index (χ0) is 14.7. The van der Waals surface area contributed by atoms with Gasteiger partial charge in [0.25, 0.3) is 0 Å². The SMILES string of the molecule is O=Cc1ccc(-c2cc(C3OCCCO3)ccc2F)cc1. The van der Waals surface area contributed by atoms with Crippen molar-refractivity contribution < 1.29 is 18.7 Å². The molecule has 2 aromatic rings. The van der Waals surface area contributed by atoms with Crippen LogP contribution in [0, 0.1) is 5.82 Å². The van der Waals surface area contributed by atoms with E-state index in [9.17, 15) is 9.18 Å². The van der Waals surface area contributed by atoms with E-state index in [1.54, 1.807) is 36.4 Å². The van der Waals surface area contributed by atoms with Crippen molar-refractivity contribution >= 4 is 6.29 Å². The molecule has 0 spiro atoms. The van der Waals surface area contributed by atoms with Crippen LogP contribution in [-0.2, 0) is 9.47 Å². The van der Waals surface area contributed by atoms with Gasteiger partial charge in [0.2, 0.25) is 0 Å². The summed E-state index contributed by atoms with van der Waals surface area (Å²) >= 11 is 0. The highest BCUT2D eigenvalue weighted by Crippen LogP contribution is 2.29. The number of hydrogen-bond donors (Lipinski definition) is 0. The topological polar surface area (TPSA) is 35.5 Å². The van der Waals surface area contributed by atoms with Gasteiger partial charge in [0.05, 0.1) is 13.2 Å². The van der Waals surface area contributed by atoms with E-state index < -0.39 is 6.29 Å². The van der Waals surface area contributed by atoms with Gasteiger partial charge in [-0.15, -0.1) is 0 Å². The Kier molecular flexibility index (Phi) is 4.08. The fourth-order valence-corrected chi connectivity index (χ4v) is 2.33. The molecule has 0 bridgehead atoms.